The number of amides is 3. The third-order valence-corrected chi connectivity index (χ3v) is 5.96. The Bertz CT molecular complexity index is 700. The molecule has 0 saturated carbocycles. The Labute approximate surface area is 154 Å². The summed E-state index contributed by atoms with van der Waals surface area (Å²) in [6.45, 7) is 5.78. The Hall–Kier alpha value is -2.08. The number of nitrogens with zero attached hydrogens (tertiary/aromatic N) is 2. The number of nitrogens with one attached hydrogen (secondary N) is 1. The van der Waals surface area contributed by atoms with E-state index in [2.05, 4.69) is 10.2 Å². The maximum Gasteiger partial charge on any atom is 0.322 e. The van der Waals surface area contributed by atoms with E-state index in [1.807, 2.05) is 25.1 Å². The first-order valence-electron chi connectivity index (χ1n) is 9.70. The zero-order chi connectivity index (χ0) is 18.1. The van der Waals surface area contributed by atoms with Gasteiger partial charge in [0.15, 0.2) is 0 Å². The first-order chi connectivity index (χ1) is 12.6. The number of ether oxygens (including phenoxy) is 1. The molecule has 0 aromatic heterocycles. The lowest BCUT2D eigenvalue weighted by Crippen LogP contribution is -2.42. The molecule has 1 aromatic rings. The molecule has 26 heavy (non-hydrogen) atoms. The quantitative estimate of drug-likeness (QED) is 0.904. The first kappa shape index (κ1) is 17.3. The predicted octanol–water partition coefficient (Wildman–Crippen LogP) is 2.56. The van der Waals surface area contributed by atoms with Crippen LogP contribution < -0.4 is 10.2 Å². The second kappa shape index (κ2) is 7.27. The van der Waals surface area contributed by atoms with Crippen molar-refractivity contribution in [1.29, 1.82) is 0 Å². The Kier molecular flexibility index (Phi) is 4.85. The van der Waals surface area contributed by atoms with Gasteiger partial charge >= 0.3 is 6.03 Å². The van der Waals surface area contributed by atoms with E-state index in [0.717, 1.165) is 62.3 Å². The van der Waals surface area contributed by atoms with Gasteiger partial charge in [0.2, 0.25) is 0 Å². The lowest BCUT2D eigenvalue weighted by Gasteiger charge is -2.34. The van der Waals surface area contributed by atoms with E-state index in [-0.39, 0.29) is 11.9 Å². The van der Waals surface area contributed by atoms with Gasteiger partial charge in [0, 0.05) is 50.1 Å². The van der Waals surface area contributed by atoms with Crippen LogP contribution in [0.15, 0.2) is 18.2 Å². The van der Waals surface area contributed by atoms with Crippen molar-refractivity contribution < 1.29 is 14.3 Å². The highest BCUT2D eigenvalue weighted by molar-refractivity contribution is 5.98. The SMILES string of the molecule is Cc1cc(C(=O)N2CCCC2C2CCOCC2)ccc1N1CCNC1=O. The summed E-state index contributed by atoms with van der Waals surface area (Å²) in [5.41, 5.74) is 2.58. The van der Waals surface area contributed by atoms with E-state index < -0.39 is 0 Å². The van der Waals surface area contributed by atoms with Crippen molar-refractivity contribution in [3.63, 3.8) is 0 Å². The lowest BCUT2D eigenvalue weighted by atomic mass is 9.90. The molecule has 0 aliphatic carbocycles. The van der Waals surface area contributed by atoms with Crippen LogP contribution >= 0.6 is 0 Å². The van der Waals surface area contributed by atoms with Gasteiger partial charge in [0.05, 0.1) is 0 Å². The molecule has 0 spiro atoms. The number of hydrogen-bond donors (Lipinski definition) is 1. The third-order valence-electron chi connectivity index (χ3n) is 5.96. The van der Waals surface area contributed by atoms with Crippen molar-refractivity contribution >= 4 is 17.6 Å². The number of urea groups is 1. The standard InChI is InChI=1S/C20H27N3O3/c1-14-13-16(4-5-17(14)23-10-8-21-20(23)25)19(24)22-9-2-3-18(22)15-6-11-26-12-7-15/h4-5,13,15,18H,2-3,6-12H2,1H3,(H,21,25). The minimum absolute atomic E-state index is 0.0636. The van der Waals surface area contributed by atoms with Crippen LogP contribution in [0.1, 0.15) is 41.6 Å². The van der Waals surface area contributed by atoms with Crippen LogP contribution in [-0.4, -0.2) is 55.7 Å². The molecule has 1 atom stereocenters. The maximum absolute atomic E-state index is 13.2. The second-order valence-corrected chi connectivity index (χ2v) is 7.54. The third kappa shape index (κ3) is 3.18. The summed E-state index contributed by atoms with van der Waals surface area (Å²) in [5.74, 6) is 0.684. The highest BCUT2D eigenvalue weighted by Gasteiger charge is 2.36. The van der Waals surface area contributed by atoms with E-state index in [0.29, 0.717) is 25.0 Å². The maximum atomic E-state index is 13.2. The molecule has 3 amide bonds. The fourth-order valence-electron chi connectivity index (χ4n) is 4.59. The fourth-order valence-corrected chi connectivity index (χ4v) is 4.59. The average Bonchev–Trinajstić information content (AvgIpc) is 3.31. The van der Waals surface area contributed by atoms with Crippen LogP contribution in [0.4, 0.5) is 10.5 Å². The molecule has 3 aliphatic rings. The zero-order valence-electron chi connectivity index (χ0n) is 15.4. The van der Waals surface area contributed by atoms with E-state index >= 15 is 0 Å². The zero-order valence-corrected chi connectivity index (χ0v) is 15.4. The molecule has 3 fully saturated rings. The Morgan fingerprint density at radius 2 is 2.00 bits per heavy atom. The average molecular weight is 357 g/mol. The molecule has 1 aromatic carbocycles. The van der Waals surface area contributed by atoms with Crippen molar-refractivity contribution in [1.82, 2.24) is 10.2 Å². The number of likely N-dealkylation sites (tertiary alicyclic amines) is 1. The molecule has 3 saturated heterocycles. The molecule has 4 rings (SSSR count). The minimum atomic E-state index is -0.0636. The van der Waals surface area contributed by atoms with Crippen LogP contribution in [0, 0.1) is 12.8 Å². The molecule has 1 N–H and O–H groups in total. The monoisotopic (exact) mass is 357 g/mol. The minimum Gasteiger partial charge on any atom is -0.381 e. The molecule has 0 bridgehead atoms. The molecule has 6 heteroatoms. The van der Waals surface area contributed by atoms with Crippen molar-refractivity contribution in [2.24, 2.45) is 5.92 Å². The number of rotatable bonds is 3. The molecule has 3 heterocycles. The van der Waals surface area contributed by atoms with Gasteiger partial charge in [-0.2, -0.15) is 0 Å². The molecule has 1 unspecified atom stereocenters. The highest BCUT2D eigenvalue weighted by atomic mass is 16.5. The van der Waals surface area contributed by atoms with Crippen molar-refractivity contribution in [3.8, 4) is 0 Å². The molecular formula is C20H27N3O3. The Morgan fingerprint density at radius 3 is 2.69 bits per heavy atom. The van der Waals surface area contributed by atoms with E-state index in [1.54, 1.807) is 4.90 Å². The van der Waals surface area contributed by atoms with Gasteiger partial charge in [-0.25, -0.2) is 4.79 Å². The molecule has 0 radical (unpaired) electrons. The topological polar surface area (TPSA) is 61.9 Å². The molecular weight excluding hydrogens is 330 g/mol. The summed E-state index contributed by atoms with van der Waals surface area (Å²) < 4.78 is 5.49. The van der Waals surface area contributed by atoms with Gasteiger partial charge in [0.1, 0.15) is 0 Å². The Morgan fingerprint density at radius 1 is 1.19 bits per heavy atom. The summed E-state index contributed by atoms with van der Waals surface area (Å²) in [6.07, 6.45) is 4.28. The largest absolute Gasteiger partial charge is 0.381 e. The highest BCUT2D eigenvalue weighted by Crippen LogP contribution is 2.32. The van der Waals surface area contributed by atoms with Gasteiger partial charge in [-0.1, -0.05) is 0 Å². The van der Waals surface area contributed by atoms with Crippen molar-refractivity contribution in [3.05, 3.63) is 29.3 Å². The molecule has 3 aliphatic heterocycles. The second-order valence-electron chi connectivity index (χ2n) is 7.54. The van der Waals surface area contributed by atoms with E-state index in [9.17, 15) is 9.59 Å². The number of anilines is 1. The number of benzene rings is 1. The van der Waals surface area contributed by atoms with E-state index in [4.69, 9.17) is 4.74 Å². The number of hydrogen-bond acceptors (Lipinski definition) is 3. The summed E-state index contributed by atoms with van der Waals surface area (Å²) in [4.78, 5) is 28.9. The van der Waals surface area contributed by atoms with Crippen molar-refractivity contribution in [2.45, 2.75) is 38.6 Å². The Balaban J connectivity index is 1.52. The normalized spacial score (nSPS) is 24.2. The first-order valence-corrected chi connectivity index (χ1v) is 9.70. The van der Waals surface area contributed by atoms with Crippen molar-refractivity contribution in [2.75, 3.05) is 37.7 Å². The molecule has 140 valence electrons. The summed E-state index contributed by atoms with van der Waals surface area (Å²) in [7, 11) is 0. The van der Waals surface area contributed by atoms with Crippen LogP contribution in [-0.2, 0) is 4.74 Å². The lowest BCUT2D eigenvalue weighted by molar-refractivity contribution is 0.0322. The van der Waals surface area contributed by atoms with Crippen LogP contribution in [0.2, 0.25) is 0 Å². The summed E-state index contributed by atoms with van der Waals surface area (Å²) in [6, 6.07) is 5.99. The van der Waals surface area contributed by atoms with Gasteiger partial charge in [-0.15, -0.1) is 0 Å². The molecule has 6 nitrogen and oxygen atoms in total. The van der Waals surface area contributed by atoms with Crippen LogP contribution in [0.3, 0.4) is 0 Å². The van der Waals surface area contributed by atoms with Crippen LogP contribution in [0.25, 0.3) is 0 Å². The number of carbonyl (C=O) groups is 2. The van der Waals surface area contributed by atoms with Gasteiger partial charge in [-0.05, 0) is 62.3 Å². The summed E-state index contributed by atoms with van der Waals surface area (Å²) in [5, 5.41) is 2.82. The number of aryl methyl sites for hydroxylation is 1. The van der Waals surface area contributed by atoms with Crippen LogP contribution in [0.5, 0.6) is 0 Å². The van der Waals surface area contributed by atoms with Gasteiger partial charge < -0.3 is 15.0 Å². The fraction of sp³-hybridized carbons (Fsp3) is 0.600. The summed E-state index contributed by atoms with van der Waals surface area (Å²) >= 11 is 0. The smallest absolute Gasteiger partial charge is 0.322 e. The number of carbonyl (C=O) groups excluding carboxylic acids is 2. The predicted molar refractivity (Wildman–Crippen MR) is 99.5 cm³/mol. The van der Waals surface area contributed by atoms with Gasteiger partial charge in [-0.3, -0.25) is 9.69 Å². The van der Waals surface area contributed by atoms with Gasteiger partial charge in [0.25, 0.3) is 5.91 Å². The van der Waals surface area contributed by atoms with E-state index in [1.165, 1.54) is 0 Å².